The molecular weight excluding hydrogens is 252 g/mol. The molecule has 108 valence electrons. The maximum absolute atomic E-state index is 12.8. The number of hydrogen-bond donors (Lipinski definition) is 2. The van der Waals surface area contributed by atoms with E-state index >= 15 is 0 Å². The van der Waals surface area contributed by atoms with Gasteiger partial charge in [-0.25, -0.2) is 0 Å². The number of phenols is 1. The van der Waals surface area contributed by atoms with Crippen LogP contribution in [0.4, 0.5) is 0 Å². The number of aromatic hydroxyl groups is 1. The highest BCUT2D eigenvalue weighted by molar-refractivity contribution is 5.83. The van der Waals surface area contributed by atoms with E-state index in [0.717, 1.165) is 44.5 Å². The molecule has 0 aliphatic carbocycles. The second-order valence-corrected chi connectivity index (χ2v) is 6.27. The summed E-state index contributed by atoms with van der Waals surface area (Å²) in [6, 6.07) is 5.48. The van der Waals surface area contributed by atoms with Gasteiger partial charge in [0.25, 0.3) is 0 Å². The lowest BCUT2D eigenvalue weighted by molar-refractivity contribution is -0.143. The Hall–Kier alpha value is -1.55. The molecule has 1 unspecified atom stereocenters. The van der Waals surface area contributed by atoms with Crippen LogP contribution < -0.4 is 5.32 Å². The van der Waals surface area contributed by atoms with Crippen molar-refractivity contribution in [1.82, 2.24) is 10.2 Å². The molecule has 4 heteroatoms. The lowest BCUT2D eigenvalue weighted by Crippen LogP contribution is -2.51. The van der Waals surface area contributed by atoms with E-state index in [1.54, 1.807) is 12.1 Å². The molecule has 1 amide bonds. The predicted octanol–water partition coefficient (Wildman–Crippen LogP) is 1.67. The molecular formula is C16H22N2O2. The number of fused-ring (bicyclic) bond motifs is 1. The van der Waals surface area contributed by atoms with Crippen LogP contribution in [0.2, 0.25) is 0 Å². The summed E-state index contributed by atoms with van der Waals surface area (Å²) in [5.41, 5.74) is 2.06. The molecule has 1 fully saturated rings. The summed E-state index contributed by atoms with van der Waals surface area (Å²) < 4.78 is 0. The third-order valence-corrected chi connectivity index (χ3v) is 4.60. The number of piperidine rings is 1. The van der Waals surface area contributed by atoms with Gasteiger partial charge in [0.2, 0.25) is 5.91 Å². The Kier molecular flexibility index (Phi) is 3.42. The molecule has 2 aliphatic rings. The van der Waals surface area contributed by atoms with Gasteiger partial charge in [0.1, 0.15) is 5.75 Å². The second-order valence-electron chi connectivity index (χ2n) is 6.27. The summed E-state index contributed by atoms with van der Waals surface area (Å²) in [7, 11) is 0. The standard InChI is InChI=1S/C16H22N2O2/c1-16(6-2-7-17-11-16)15(20)18-8-5-12-3-4-14(19)9-13(12)10-18/h3-4,9,17,19H,2,5-8,10-11H2,1H3. The summed E-state index contributed by atoms with van der Waals surface area (Å²) >= 11 is 0. The summed E-state index contributed by atoms with van der Waals surface area (Å²) in [6.45, 7) is 5.26. The Labute approximate surface area is 119 Å². The van der Waals surface area contributed by atoms with Gasteiger partial charge in [-0.05, 0) is 56.0 Å². The number of carbonyl (C=O) groups excluding carboxylic acids is 1. The van der Waals surface area contributed by atoms with Crippen molar-refractivity contribution in [3.8, 4) is 5.75 Å². The largest absolute Gasteiger partial charge is 0.508 e. The topological polar surface area (TPSA) is 52.6 Å². The van der Waals surface area contributed by atoms with Crippen LogP contribution >= 0.6 is 0 Å². The van der Waals surface area contributed by atoms with Crippen LogP contribution in [0, 0.1) is 5.41 Å². The van der Waals surface area contributed by atoms with Crippen LogP contribution in [0.25, 0.3) is 0 Å². The van der Waals surface area contributed by atoms with Gasteiger partial charge in [0, 0.05) is 19.6 Å². The summed E-state index contributed by atoms with van der Waals surface area (Å²) in [5, 5.41) is 12.9. The van der Waals surface area contributed by atoms with Crippen molar-refractivity contribution in [2.45, 2.75) is 32.7 Å². The van der Waals surface area contributed by atoms with Crippen LogP contribution in [-0.4, -0.2) is 35.5 Å². The average molecular weight is 274 g/mol. The first kappa shape index (κ1) is 13.4. The van der Waals surface area contributed by atoms with E-state index in [0.29, 0.717) is 6.54 Å². The number of carbonyl (C=O) groups is 1. The Morgan fingerprint density at radius 2 is 2.25 bits per heavy atom. The number of nitrogens with one attached hydrogen (secondary N) is 1. The van der Waals surface area contributed by atoms with E-state index in [2.05, 4.69) is 12.2 Å². The van der Waals surface area contributed by atoms with Crippen molar-refractivity contribution in [2.75, 3.05) is 19.6 Å². The molecule has 0 radical (unpaired) electrons. The lowest BCUT2D eigenvalue weighted by Gasteiger charge is -2.39. The highest BCUT2D eigenvalue weighted by Gasteiger charge is 2.38. The highest BCUT2D eigenvalue weighted by Crippen LogP contribution is 2.31. The fourth-order valence-corrected chi connectivity index (χ4v) is 3.34. The number of nitrogens with zero attached hydrogens (tertiary/aromatic N) is 1. The summed E-state index contributed by atoms with van der Waals surface area (Å²) in [5.74, 6) is 0.530. The van der Waals surface area contributed by atoms with Gasteiger partial charge in [-0.1, -0.05) is 6.07 Å². The van der Waals surface area contributed by atoms with E-state index in [-0.39, 0.29) is 17.1 Å². The number of rotatable bonds is 1. The van der Waals surface area contributed by atoms with Crippen molar-refractivity contribution in [1.29, 1.82) is 0 Å². The minimum Gasteiger partial charge on any atom is -0.508 e. The lowest BCUT2D eigenvalue weighted by atomic mass is 9.81. The Morgan fingerprint density at radius 1 is 1.40 bits per heavy atom. The van der Waals surface area contributed by atoms with Gasteiger partial charge in [0.05, 0.1) is 5.41 Å². The molecule has 1 atom stereocenters. The Bertz CT molecular complexity index is 521. The molecule has 2 aliphatic heterocycles. The first-order valence-electron chi connectivity index (χ1n) is 7.39. The minimum absolute atomic E-state index is 0.249. The zero-order chi connectivity index (χ0) is 14.2. The molecule has 1 aromatic carbocycles. The number of amides is 1. The van der Waals surface area contributed by atoms with Gasteiger partial charge in [-0.2, -0.15) is 0 Å². The molecule has 1 saturated heterocycles. The van der Waals surface area contributed by atoms with E-state index in [4.69, 9.17) is 0 Å². The van der Waals surface area contributed by atoms with Crippen molar-refractivity contribution in [2.24, 2.45) is 5.41 Å². The molecule has 4 nitrogen and oxygen atoms in total. The Balaban J connectivity index is 1.77. The van der Waals surface area contributed by atoms with E-state index < -0.39 is 0 Å². The summed E-state index contributed by atoms with van der Waals surface area (Å²) in [4.78, 5) is 14.7. The first-order valence-corrected chi connectivity index (χ1v) is 7.39. The van der Waals surface area contributed by atoms with Crippen molar-refractivity contribution in [3.05, 3.63) is 29.3 Å². The van der Waals surface area contributed by atoms with Gasteiger partial charge in [0.15, 0.2) is 0 Å². The molecule has 1 aromatic rings. The normalized spacial score (nSPS) is 26.1. The minimum atomic E-state index is -0.271. The summed E-state index contributed by atoms with van der Waals surface area (Å²) in [6.07, 6.45) is 2.90. The monoisotopic (exact) mass is 274 g/mol. The van der Waals surface area contributed by atoms with E-state index in [1.807, 2.05) is 11.0 Å². The van der Waals surface area contributed by atoms with Gasteiger partial charge >= 0.3 is 0 Å². The molecule has 0 spiro atoms. The average Bonchev–Trinajstić information content (AvgIpc) is 2.46. The fraction of sp³-hybridized carbons (Fsp3) is 0.562. The molecule has 2 N–H and O–H groups in total. The second kappa shape index (κ2) is 5.09. The van der Waals surface area contributed by atoms with Crippen LogP contribution in [-0.2, 0) is 17.8 Å². The molecule has 20 heavy (non-hydrogen) atoms. The van der Waals surface area contributed by atoms with Gasteiger partial charge < -0.3 is 15.3 Å². The molecule has 0 aromatic heterocycles. The smallest absolute Gasteiger partial charge is 0.230 e. The van der Waals surface area contributed by atoms with Gasteiger partial charge in [-0.3, -0.25) is 4.79 Å². The Morgan fingerprint density at radius 3 is 3.00 bits per heavy atom. The number of phenolic OH excluding ortho intramolecular Hbond substituents is 1. The fourth-order valence-electron chi connectivity index (χ4n) is 3.34. The maximum Gasteiger partial charge on any atom is 0.230 e. The third kappa shape index (κ3) is 2.40. The van der Waals surface area contributed by atoms with Crippen molar-refractivity contribution >= 4 is 5.91 Å². The van der Waals surface area contributed by atoms with Crippen LogP contribution in [0.1, 0.15) is 30.9 Å². The quantitative estimate of drug-likeness (QED) is 0.819. The van der Waals surface area contributed by atoms with E-state index in [1.165, 1.54) is 5.56 Å². The molecule has 3 rings (SSSR count). The van der Waals surface area contributed by atoms with Crippen molar-refractivity contribution in [3.63, 3.8) is 0 Å². The number of benzene rings is 1. The number of hydrogen-bond acceptors (Lipinski definition) is 3. The highest BCUT2D eigenvalue weighted by atomic mass is 16.3. The molecule has 0 bridgehead atoms. The first-order chi connectivity index (χ1) is 9.58. The van der Waals surface area contributed by atoms with Crippen LogP contribution in [0.5, 0.6) is 5.75 Å². The van der Waals surface area contributed by atoms with E-state index in [9.17, 15) is 9.90 Å². The molecule has 0 saturated carbocycles. The van der Waals surface area contributed by atoms with Gasteiger partial charge in [-0.15, -0.1) is 0 Å². The van der Waals surface area contributed by atoms with Crippen LogP contribution in [0.15, 0.2) is 18.2 Å². The third-order valence-electron chi connectivity index (χ3n) is 4.60. The van der Waals surface area contributed by atoms with Crippen LogP contribution in [0.3, 0.4) is 0 Å². The van der Waals surface area contributed by atoms with Crippen molar-refractivity contribution < 1.29 is 9.90 Å². The SMILES string of the molecule is CC1(C(=O)N2CCc3ccc(O)cc3C2)CCCNC1. The predicted molar refractivity (Wildman–Crippen MR) is 77.4 cm³/mol. The molecule has 2 heterocycles. The maximum atomic E-state index is 12.8. The zero-order valence-electron chi connectivity index (χ0n) is 12.0. The zero-order valence-corrected chi connectivity index (χ0v) is 12.0.